The zero-order valence-corrected chi connectivity index (χ0v) is 18.6. The van der Waals surface area contributed by atoms with Crippen molar-refractivity contribution in [2.45, 2.75) is 0 Å². The molecule has 4 rings (SSSR count). The quantitative estimate of drug-likeness (QED) is 0.357. The van der Waals surface area contributed by atoms with E-state index in [4.69, 9.17) is 3.67 Å². The zero-order valence-electron chi connectivity index (χ0n) is 17.2. The number of benzene rings is 4. The molecule has 5 nitrogen and oxygen atoms in total. The van der Waals surface area contributed by atoms with Crippen LogP contribution in [0.25, 0.3) is 0 Å². The molecule has 0 aliphatic carbocycles. The topological polar surface area (TPSA) is 82.2 Å². The van der Waals surface area contributed by atoms with Gasteiger partial charge in [0.25, 0.3) is 0 Å². The molecule has 0 heterocycles. The van der Waals surface area contributed by atoms with E-state index in [1.165, 1.54) is 0 Å². The van der Waals surface area contributed by atoms with Crippen molar-refractivity contribution in [2.24, 2.45) is 9.98 Å². The summed E-state index contributed by atoms with van der Waals surface area (Å²) in [5.41, 5.74) is 3.20. The fourth-order valence-electron chi connectivity index (χ4n) is 2.51. The van der Waals surface area contributed by atoms with Gasteiger partial charge in [0, 0.05) is 23.6 Å². The molecule has 32 heavy (non-hydrogen) atoms. The van der Waals surface area contributed by atoms with Gasteiger partial charge in [-0.05, 0) is 48.5 Å². The zero-order chi connectivity index (χ0) is 23.0. The Morgan fingerprint density at radius 1 is 0.500 bits per heavy atom. The molecule has 0 fully saturated rings. The number of aliphatic imine (C=N–C) groups is 2. The van der Waals surface area contributed by atoms with Gasteiger partial charge in [0.05, 0.1) is 11.4 Å². The molecule has 0 atom stereocenters. The van der Waals surface area contributed by atoms with E-state index in [1.54, 1.807) is 36.7 Å². The van der Waals surface area contributed by atoms with Crippen molar-refractivity contribution in [1.29, 1.82) is 0 Å². The molecule has 0 saturated heterocycles. The molecule has 0 unspecified atom stereocenters. The Hall–Kier alpha value is -3.80. The van der Waals surface area contributed by atoms with E-state index in [0.717, 1.165) is 39.9 Å². The Balaban J connectivity index is 0.000000211. The number of para-hydroxylation sites is 4. The molecule has 0 spiro atoms. The van der Waals surface area contributed by atoms with Gasteiger partial charge in [-0.25, -0.2) is 0 Å². The molecule has 0 saturated carbocycles. The third kappa shape index (κ3) is 8.52. The van der Waals surface area contributed by atoms with Crippen LogP contribution in [-0.2, 0) is 21.0 Å². The Morgan fingerprint density at radius 2 is 0.812 bits per heavy atom. The first kappa shape index (κ1) is 24.5. The standard InChI is InChI=1S/2C13H11NO.O.V/c2*15-13-9-5-4-6-11(13)10-14-12-7-2-1-3-8-12;;/h2*1-10,15H;;. The molecule has 159 valence electrons. The van der Waals surface area contributed by atoms with Crippen LogP contribution in [0, 0.1) is 0 Å². The average Bonchev–Trinajstić information content (AvgIpc) is 2.86. The number of phenols is 2. The van der Waals surface area contributed by atoms with E-state index in [2.05, 4.69) is 9.98 Å². The normalized spacial score (nSPS) is 10.1. The summed E-state index contributed by atoms with van der Waals surface area (Å²) in [5, 5.41) is 19.0. The molecule has 2 N–H and O–H groups in total. The monoisotopic (exact) mass is 461 g/mol. The predicted molar refractivity (Wildman–Crippen MR) is 124 cm³/mol. The fraction of sp³-hybridized carbons (Fsp3) is 0. The first-order valence-corrected chi connectivity index (χ1v) is 10.2. The SMILES string of the molecule is Oc1ccccc1C=Nc1ccccc1.Oc1ccccc1C=Nc1ccccc1.[O]=[V]. The minimum absolute atomic E-state index is 0.247. The number of rotatable bonds is 4. The van der Waals surface area contributed by atoms with Crippen molar-refractivity contribution in [3.63, 3.8) is 0 Å². The molecule has 0 aliphatic heterocycles. The molecule has 0 aromatic heterocycles. The van der Waals surface area contributed by atoms with E-state index < -0.39 is 0 Å². The predicted octanol–water partition coefficient (Wildman–Crippen LogP) is 6.16. The van der Waals surface area contributed by atoms with Crippen molar-refractivity contribution in [3.8, 4) is 11.5 Å². The van der Waals surface area contributed by atoms with Crippen molar-refractivity contribution >= 4 is 23.8 Å². The molecule has 6 heteroatoms. The van der Waals surface area contributed by atoms with Gasteiger partial charge in [0.15, 0.2) is 0 Å². The Bertz CT molecular complexity index is 1040. The van der Waals surface area contributed by atoms with Gasteiger partial charge in [-0.1, -0.05) is 60.7 Å². The van der Waals surface area contributed by atoms with Crippen molar-refractivity contribution < 1.29 is 31.3 Å². The summed E-state index contributed by atoms with van der Waals surface area (Å²) < 4.78 is 8.19. The summed E-state index contributed by atoms with van der Waals surface area (Å²) >= 11 is 1.06. The third-order valence-electron chi connectivity index (χ3n) is 4.09. The first-order chi connectivity index (χ1) is 15.7. The number of phenolic OH excluding ortho intramolecular Hbond substituents is 2. The van der Waals surface area contributed by atoms with Crippen molar-refractivity contribution in [2.75, 3.05) is 0 Å². The van der Waals surface area contributed by atoms with E-state index in [-0.39, 0.29) is 11.5 Å². The third-order valence-corrected chi connectivity index (χ3v) is 4.09. The van der Waals surface area contributed by atoms with Crippen LogP contribution in [0.2, 0.25) is 0 Å². The number of hydrogen-bond donors (Lipinski definition) is 2. The number of aromatic hydroxyl groups is 2. The number of hydrogen-bond acceptors (Lipinski definition) is 5. The van der Waals surface area contributed by atoms with Crippen LogP contribution in [-0.4, -0.2) is 22.6 Å². The van der Waals surface area contributed by atoms with Gasteiger partial charge in [-0.3, -0.25) is 9.98 Å². The van der Waals surface area contributed by atoms with Crippen molar-refractivity contribution in [3.05, 3.63) is 120 Å². The summed E-state index contributed by atoms with van der Waals surface area (Å²) in [6.45, 7) is 0. The summed E-state index contributed by atoms with van der Waals surface area (Å²) in [7, 11) is 0. The molecule has 0 bridgehead atoms. The second kappa shape index (κ2) is 14.3. The van der Waals surface area contributed by atoms with Gasteiger partial charge in [0.1, 0.15) is 11.5 Å². The Kier molecular flexibility index (Phi) is 10.9. The fourth-order valence-corrected chi connectivity index (χ4v) is 2.51. The van der Waals surface area contributed by atoms with Crippen molar-refractivity contribution in [1.82, 2.24) is 0 Å². The van der Waals surface area contributed by atoms with Crippen LogP contribution < -0.4 is 0 Å². The second-order valence-electron chi connectivity index (χ2n) is 6.31. The molecule has 0 radical (unpaired) electrons. The van der Waals surface area contributed by atoms with Crippen LogP contribution in [0.15, 0.2) is 119 Å². The molecule has 4 aromatic carbocycles. The van der Waals surface area contributed by atoms with Gasteiger partial charge in [-0.15, -0.1) is 0 Å². The van der Waals surface area contributed by atoms with Gasteiger partial charge in [0.2, 0.25) is 0 Å². The van der Waals surface area contributed by atoms with Crippen LogP contribution in [0.4, 0.5) is 11.4 Å². The molecule has 4 aromatic rings. The maximum absolute atomic E-state index is 9.50. The first-order valence-electron chi connectivity index (χ1n) is 9.65. The molecular weight excluding hydrogens is 439 g/mol. The molecular formula is C26H22N2O3V. The van der Waals surface area contributed by atoms with Crippen LogP contribution in [0.1, 0.15) is 11.1 Å². The van der Waals surface area contributed by atoms with Gasteiger partial charge < -0.3 is 10.2 Å². The molecule has 0 amide bonds. The van der Waals surface area contributed by atoms with E-state index in [0.29, 0.717) is 0 Å². The number of nitrogens with zero attached hydrogens (tertiary/aromatic N) is 2. The second-order valence-corrected chi connectivity index (χ2v) is 6.31. The van der Waals surface area contributed by atoms with Gasteiger partial charge >= 0.3 is 21.0 Å². The Morgan fingerprint density at radius 3 is 1.16 bits per heavy atom. The van der Waals surface area contributed by atoms with E-state index in [9.17, 15) is 10.2 Å². The van der Waals surface area contributed by atoms with E-state index in [1.807, 2.05) is 84.9 Å². The van der Waals surface area contributed by atoms with Crippen LogP contribution in [0.5, 0.6) is 11.5 Å². The molecule has 0 aliphatic rings. The average molecular weight is 461 g/mol. The summed E-state index contributed by atoms with van der Waals surface area (Å²) in [6.07, 6.45) is 3.31. The summed E-state index contributed by atoms with van der Waals surface area (Å²) in [4.78, 5) is 8.50. The maximum atomic E-state index is 9.50. The van der Waals surface area contributed by atoms with E-state index >= 15 is 0 Å². The summed E-state index contributed by atoms with van der Waals surface area (Å²) in [6, 6.07) is 33.5. The van der Waals surface area contributed by atoms with Gasteiger partial charge in [-0.2, -0.15) is 0 Å². The minimum atomic E-state index is 0.247. The Labute approximate surface area is 196 Å². The van der Waals surface area contributed by atoms with Crippen LogP contribution in [0.3, 0.4) is 0 Å². The van der Waals surface area contributed by atoms with Crippen LogP contribution >= 0.6 is 0 Å². The summed E-state index contributed by atoms with van der Waals surface area (Å²) in [5.74, 6) is 0.495.